The Labute approximate surface area is 143 Å². The summed E-state index contributed by atoms with van der Waals surface area (Å²) in [4.78, 5) is 16.0. The van der Waals surface area contributed by atoms with Gasteiger partial charge in [-0.1, -0.05) is 13.3 Å². The summed E-state index contributed by atoms with van der Waals surface area (Å²) in [6.45, 7) is 3.94. The van der Waals surface area contributed by atoms with Crippen molar-refractivity contribution in [2.75, 3.05) is 7.11 Å². The third-order valence-electron chi connectivity index (χ3n) is 3.67. The molecule has 0 amide bonds. The molecule has 3 rings (SSSR count). The van der Waals surface area contributed by atoms with Crippen molar-refractivity contribution < 1.29 is 13.9 Å². The van der Waals surface area contributed by atoms with Crippen LogP contribution in [0.25, 0.3) is 11.0 Å². The fraction of sp³-hybridized carbons (Fsp3) is 0.353. The number of methoxy groups -OCH3 is 1. The molecule has 0 fully saturated rings. The van der Waals surface area contributed by atoms with E-state index in [4.69, 9.17) is 13.9 Å². The first-order valence-electron chi connectivity index (χ1n) is 7.71. The summed E-state index contributed by atoms with van der Waals surface area (Å²) in [5, 5.41) is 1.34. The SMILES string of the molecule is CCCc1cc(=O)oc2cc(Oc3nc([C@@H](C)OC)ns3)ccc12. The summed E-state index contributed by atoms with van der Waals surface area (Å²) < 4.78 is 20.4. The Hall–Kier alpha value is -2.25. The van der Waals surface area contributed by atoms with Gasteiger partial charge in [0, 0.05) is 36.2 Å². The Morgan fingerprint density at radius 1 is 1.33 bits per heavy atom. The molecule has 0 saturated carbocycles. The summed E-state index contributed by atoms with van der Waals surface area (Å²) in [6.07, 6.45) is 1.60. The smallest absolute Gasteiger partial charge is 0.336 e. The van der Waals surface area contributed by atoms with Gasteiger partial charge in [0.2, 0.25) is 0 Å². The van der Waals surface area contributed by atoms with Gasteiger partial charge in [-0.25, -0.2) is 4.79 Å². The van der Waals surface area contributed by atoms with Crippen LogP contribution in [0.3, 0.4) is 0 Å². The molecule has 2 aromatic heterocycles. The van der Waals surface area contributed by atoms with Gasteiger partial charge in [0.25, 0.3) is 5.19 Å². The van der Waals surface area contributed by atoms with Crippen LogP contribution in [-0.2, 0) is 11.2 Å². The van der Waals surface area contributed by atoms with E-state index in [2.05, 4.69) is 16.3 Å². The predicted molar refractivity (Wildman–Crippen MR) is 91.9 cm³/mol. The minimum Gasteiger partial charge on any atom is -0.430 e. The number of aromatic nitrogens is 2. The first kappa shape index (κ1) is 16.6. The molecular formula is C17H18N2O4S. The van der Waals surface area contributed by atoms with E-state index in [0.29, 0.717) is 22.4 Å². The van der Waals surface area contributed by atoms with E-state index >= 15 is 0 Å². The minimum absolute atomic E-state index is 0.190. The Morgan fingerprint density at radius 3 is 2.92 bits per heavy atom. The van der Waals surface area contributed by atoms with E-state index in [9.17, 15) is 4.79 Å². The maximum atomic E-state index is 11.7. The Bertz CT molecular complexity index is 903. The second kappa shape index (κ2) is 7.11. The van der Waals surface area contributed by atoms with Crippen LogP contribution in [-0.4, -0.2) is 16.5 Å². The summed E-state index contributed by atoms with van der Waals surface area (Å²) in [5.41, 5.74) is 1.15. The lowest BCUT2D eigenvalue weighted by atomic mass is 10.1. The van der Waals surface area contributed by atoms with E-state index in [1.54, 1.807) is 19.2 Å². The van der Waals surface area contributed by atoms with Crippen molar-refractivity contribution in [1.82, 2.24) is 9.36 Å². The van der Waals surface area contributed by atoms with Crippen LogP contribution in [0.4, 0.5) is 0 Å². The van der Waals surface area contributed by atoms with Crippen molar-refractivity contribution in [2.45, 2.75) is 32.8 Å². The highest BCUT2D eigenvalue weighted by Gasteiger charge is 2.13. The summed E-state index contributed by atoms with van der Waals surface area (Å²) >= 11 is 1.15. The summed E-state index contributed by atoms with van der Waals surface area (Å²) in [7, 11) is 1.60. The third kappa shape index (κ3) is 3.47. The molecule has 0 aliphatic rings. The fourth-order valence-electron chi connectivity index (χ4n) is 2.38. The number of aryl methyl sites for hydroxylation is 1. The van der Waals surface area contributed by atoms with E-state index in [-0.39, 0.29) is 11.7 Å². The average Bonchev–Trinajstić information content (AvgIpc) is 3.02. The lowest BCUT2D eigenvalue weighted by Crippen LogP contribution is -2.00. The molecule has 0 N–H and O–H groups in total. The van der Waals surface area contributed by atoms with Crippen molar-refractivity contribution in [2.24, 2.45) is 0 Å². The standard InChI is InChI=1S/C17H18N2O4S/c1-4-5-11-8-15(20)23-14-9-12(6-7-13(11)14)22-17-18-16(19-24-17)10(2)21-3/h6-10H,4-5H2,1-3H3/t10-/m1/s1. The molecule has 0 bridgehead atoms. The van der Waals surface area contributed by atoms with Gasteiger partial charge in [0.05, 0.1) is 0 Å². The van der Waals surface area contributed by atoms with Gasteiger partial charge >= 0.3 is 5.63 Å². The van der Waals surface area contributed by atoms with Crippen LogP contribution in [0.5, 0.6) is 10.9 Å². The highest BCUT2D eigenvalue weighted by atomic mass is 32.1. The molecule has 7 heteroatoms. The molecule has 0 aliphatic carbocycles. The van der Waals surface area contributed by atoms with Gasteiger partial charge in [0.15, 0.2) is 5.82 Å². The fourth-order valence-corrected chi connectivity index (χ4v) is 3.01. The Balaban J connectivity index is 1.90. The Morgan fingerprint density at radius 2 is 2.17 bits per heavy atom. The first-order chi connectivity index (χ1) is 11.6. The van der Waals surface area contributed by atoms with Crippen LogP contribution < -0.4 is 10.4 Å². The van der Waals surface area contributed by atoms with Gasteiger partial charge in [-0.05, 0) is 31.0 Å². The van der Waals surface area contributed by atoms with Crippen molar-refractivity contribution in [3.8, 4) is 10.9 Å². The summed E-state index contributed by atoms with van der Waals surface area (Å²) in [6, 6.07) is 6.99. The van der Waals surface area contributed by atoms with Gasteiger partial charge in [-0.3, -0.25) is 0 Å². The first-order valence-corrected chi connectivity index (χ1v) is 8.49. The minimum atomic E-state index is -0.352. The number of rotatable bonds is 6. The molecular weight excluding hydrogens is 328 g/mol. The molecule has 0 spiro atoms. The average molecular weight is 346 g/mol. The molecule has 24 heavy (non-hydrogen) atoms. The maximum absolute atomic E-state index is 11.7. The zero-order chi connectivity index (χ0) is 17.1. The molecule has 2 heterocycles. The van der Waals surface area contributed by atoms with Gasteiger partial charge in [-0.15, -0.1) is 0 Å². The largest absolute Gasteiger partial charge is 0.430 e. The number of hydrogen-bond donors (Lipinski definition) is 0. The number of fused-ring (bicyclic) bond motifs is 1. The number of benzene rings is 1. The summed E-state index contributed by atoms with van der Waals surface area (Å²) in [5.74, 6) is 1.13. The van der Waals surface area contributed by atoms with Gasteiger partial charge in [-0.2, -0.15) is 9.36 Å². The molecule has 3 aromatic rings. The second-order valence-electron chi connectivity index (χ2n) is 5.40. The molecule has 1 atom stereocenters. The van der Waals surface area contributed by atoms with E-state index < -0.39 is 0 Å². The molecule has 0 saturated heterocycles. The highest BCUT2D eigenvalue weighted by Crippen LogP contribution is 2.29. The lowest BCUT2D eigenvalue weighted by Gasteiger charge is -2.06. The van der Waals surface area contributed by atoms with Crippen molar-refractivity contribution in [3.63, 3.8) is 0 Å². The van der Waals surface area contributed by atoms with E-state index in [1.165, 1.54) is 0 Å². The lowest BCUT2D eigenvalue weighted by molar-refractivity contribution is 0.113. The monoisotopic (exact) mass is 346 g/mol. The molecule has 6 nitrogen and oxygen atoms in total. The zero-order valence-electron chi connectivity index (χ0n) is 13.7. The van der Waals surface area contributed by atoms with Crippen LogP contribution in [0.15, 0.2) is 33.5 Å². The highest BCUT2D eigenvalue weighted by molar-refractivity contribution is 7.07. The zero-order valence-corrected chi connectivity index (χ0v) is 14.6. The van der Waals surface area contributed by atoms with Crippen LogP contribution in [0, 0.1) is 0 Å². The third-order valence-corrected chi connectivity index (χ3v) is 4.28. The van der Waals surface area contributed by atoms with Gasteiger partial charge in [0.1, 0.15) is 17.4 Å². The quantitative estimate of drug-likeness (QED) is 0.626. The van der Waals surface area contributed by atoms with Crippen LogP contribution in [0.1, 0.15) is 37.8 Å². The Kier molecular flexibility index (Phi) is 4.92. The maximum Gasteiger partial charge on any atom is 0.336 e. The topological polar surface area (TPSA) is 74.5 Å². The molecule has 0 unspecified atom stereocenters. The van der Waals surface area contributed by atoms with E-state index in [1.807, 2.05) is 19.1 Å². The molecule has 0 aliphatic heterocycles. The normalized spacial score (nSPS) is 12.5. The van der Waals surface area contributed by atoms with Crippen molar-refractivity contribution in [3.05, 3.63) is 46.1 Å². The van der Waals surface area contributed by atoms with Crippen LogP contribution >= 0.6 is 11.5 Å². The second-order valence-corrected chi connectivity index (χ2v) is 6.11. The number of nitrogens with zero attached hydrogens (tertiary/aromatic N) is 2. The molecule has 1 aromatic carbocycles. The van der Waals surface area contributed by atoms with Gasteiger partial charge < -0.3 is 13.9 Å². The predicted octanol–water partition coefficient (Wildman–Crippen LogP) is 4.10. The molecule has 0 radical (unpaired) electrons. The molecule has 126 valence electrons. The number of hydrogen-bond acceptors (Lipinski definition) is 7. The van der Waals surface area contributed by atoms with Crippen molar-refractivity contribution >= 4 is 22.5 Å². The van der Waals surface area contributed by atoms with E-state index in [0.717, 1.165) is 35.3 Å². The number of ether oxygens (including phenoxy) is 2. The van der Waals surface area contributed by atoms with Crippen LogP contribution in [0.2, 0.25) is 0 Å². The van der Waals surface area contributed by atoms with Crippen molar-refractivity contribution in [1.29, 1.82) is 0 Å².